The maximum Gasteiger partial charge on any atom is 0.232 e. The fourth-order valence-corrected chi connectivity index (χ4v) is 5.82. The lowest BCUT2D eigenvalue weighted by Gasteiger charge is -2.23. The number of nitrogens with zero attached hydrogens (tertiary/aromatic N) is 1. The molecule has 1 amide bonds. The first-order valence-electron chi connectivity index (χ1n) is 10.7. The number of thiazole rings is 1. The van der Waals surface area contributed by atoms with Crippen LogP contribution in [0.1, 0.15) is 37.2 Å². The smallest absolute Gasteiger partial charge is 0.232 e. The molecule has 3 nitrogen and oxygen atoms in total. The zero-order valence-corrected chi connectivity index (χ0v) is 18.6. The largest absolute Gasteiger partial charge is 0.326 e. The Morgan fingerprint density at radius 1 is 1.00 bits per heavy atom. The number of hydrogen-bond donors (Lipinski definition) is 1. The number of para-hydroxylation sites is 1. The number of aromatic nitrogens is 1. The topological polar surface area (TPSA) is 42.0 Å². The number of carbonyl (C=O) groups excluding carboxylic acids is 1. The Morgan fingerprint density at radius 3 is 2.52 bits per heavy atom. The van der Waals surface area contributed by atoms with Gasteiger partial charge in [-0.15, -0.1) is 11.3 Å². The summed E-state index contributed by atoms with van der Waals surface area (Å²) in [6.07, 6.45) is 4.60. The average molecular weight is 447 g/mol. The van der Waals surface area contributed by atoms with Gasteiger partial charge in [-0.1, -0.05) is 66.9 Å². The van der Waals surface area contributed by atoms with Gasteiger partial charge in [-0.25, -0.2) is 4.98 Å². The van der Waals surface area contributed by atoms with E-state index in [1.807, 2.05) is 54.6 Å². The van der Waals surface area contributed by atoms with Crippen molar-refractivity contribution in [3.05, 3.63) is 83.4 Å². The summed E-state index contributed by atoms with van der Waals surface area (Å²) in [6.45, 7) is 0. The van der Waals surface area contributed by atoms with Crippen LogP contribution < -0.4 is 5.32 Å². The van der Waals surface area contributed by atoms with Crippen molar-refractivity contribution in [3.8, 4) is 10.6 Å². The summed E-state index contributed by atoms with van der Waals surface area (Å²) in [4.78, 5) is 18.1. The van der Waals surface area contributed by atoms with Crippen LogP contribution in [0.25, 0.3) is 20.8 Å². The van der Waals surface area contributed by atoms with Crippen molar-refractivity contribution in [3.63, 3.8) is 0 Å². The van der Waals surface area contributed by atoms with Crippen LogP contribution in [0.3, 0.4) is 0 Å². The molecular formula is C26H23ClN2OS. The lowest BCUT2D eigenvalue weighted by atomic mass is 9.84. The van der Waals surface area contributed by atoms with Crippen molar-refractivity contribution in [2.45, 2.75) is 31.6 Å². The molecule has 1 fully saturated rings. The molecule has 0 radical (unpaired) electrons. The molecule has 5 heteroatoms. The number of carbonyl (C=O) groups is 1. The SMILES string of the molecule is O=C(Nc1ccc(Cl)c(-c2nc3ccccc3s2)c1)C(c1ccccc1)C1CCCC1. The molecular weight excluding hydrogens is 424 g/mol. The summed E-state index contributed by atoms with van der Waals surface area (Å²) in [6, 6.07) is 23.9. The summed E-state index contributed by atoms with van der Waals surface area (Å²) < 4.78 is 1.12. The van der Waals surface area contributed by atoms with Gasteiger partial charge < -0.3 is 5.32 Å². The summed E-state index contributed by atoms with van der Waals surface area (Å²) in [7, 11) is 0. The Labute approximate surface area is 191 Å². The van der Waals surface area contributed by atoms with Crippen molar-refractivity contribution < 1.29 is 4.79 Å². The third-order valence-electron chi connectivity index (χ3n) is 6.07. The Bertz CT molecular complexity index is 1180. The first-order chi connectivity index (χ1) is 15.2. The molecule has 0 bridgehead atoms. The molecule has 31 heavy (non-hydrogen) atoms. The molecule has 0 spiro atoms. The standard InChI is InChI=1S/C26H23ClN2OS/c27-21-15-14-19(16-20(21)26-29-22-12-6-7-13-23(22)31-26)28-25(30)24(18-10-4-5-11-18)17-8-2-1-3-9-17/h1-3,6-9,12-16,18,24H,4-5,10-11H2,(H,28,30). The van der Waals surface area contributed by atoms with Crippen LogP contribution in [0.15, 0.2) is 72.8 Å². The molecule has 1 aliphatic carbocycles. The lowest BCUT2D eigenvalue weighted by molar-refractivity contribution is -0.118. The van der Waals surface area contributed by atoms with E-state index >= 15 is 0 Å². The lowest BCUT2D eigenvalue weighted by Crippen LogP contribution is -2.26. The predicted octanol–water partition coefficient (Wildman–Crippen LogP) is 7.53. The molecule has 1 aromatic heterocycles. The molecule has 3 aromatic carbocycles. The Balaban J connectivity index is 1.45. The van der Waals surface area contributed by atoms with E-state index in [1.54, 1.807) is 11.3 Å². The fourth-order valence-electron chi connectivity index (χ4n) is 4.56. The summed E-state index contributed by atoms with van der Waals surface area (Å²) in [5.74, 6) is 0.305. The molecule has 0 saturated heterocycles. The number of anilines is 1. The van der Waals surface area contributed by atoms with Crippen molar-refractivity contribution in [1.29, 1.82) is 0 Å². The van der Waals surface area contributed by atoms with Gasteiger partial charge in [0, 0.05) is 11.3 Å². The van der Waals surface area contributed by atoms with Crippen molar-refractivity contribution >= 4 is 44.7 Å². The summed E-state index contributed by atoms with van der Waals surface area (Å²) in [5.41, 5.74) is 3.64. The Kier molecular flexibility index (Phi) is 5.75. The summed E-state index contributed by atoms with van der Waals surface area (Å²) in [5, 5.41) is 4.66. The molecule has 5 rings (SSSR count). The third-order valence-corrected chi connectivity index (χ3v) is 7.47. The zero-order valence-electron chi connectivity index (χ0n) is 17.1. The molecule has 1 unspecified atom stereocenters. The molecule has 1 heterocycles. The number of nitrogens with one attached hydrogen (secondary N) is 1. The van der Waals surface area contributed by atoms with Gasteiger partial charge in [-0.05, 0) is 54.7 Å². The molecule has 1 N–H and O–H groups in total. The number of benzene rings is 3. The predicted molar refractivity (Wildman–Crippen MR) is 130 cm³/mol. The van der Waals surface area contributed by atoms with Gasteiger partial charge >= 0.3 is 0 Å². The van der Waals surface area contributed by atoms with Gasteiger partial charge in [0.25, 0.3) is 0 Å². The van der Waals surface area contributed by atoms with Crippen molar-refractivity contribution in [2.75, 3.05) is 5.32 Å². The van der Waals surface area contributed by atoms with E-state index in [4.69, 9.17) is 16.6 Å². The van der Waals surface area contributed by atoms with Crippen LogP contribution in [-0.4, -0.2) is 10.9 Å². The van der Waals surface area contributed by atoms with Crippen molar-refractivity contribution in [2.24, 2.45) is 5.92 Å². The van der Waals surface area contributed by atoms with Crippen molar-refractivity contribution in [1.82, 2.24) is 4.98 Å². The van der Waals surface area contributed by atoms with E-state index in [0.29, 0.717) is 10.9 Å². The summed E-state index contributed by atoms with van der Waals surface area (Å²) >= 11 is 8.12. The van der Waals surface area contributed by atoms with Gasteiger partial charge in [0.15, 0.2) is 0 Å². The fraction of sp³-hybridized carbons (Fsp3) is 0.231. The number of fused-ring (bicyclic) bond motifs is 1. The van der Waals surface area contributed by atoms with Crippen LogP contribution in [0.5, 0.6) is 0 Å². The van der Waals surface area contributed by atoms with E-state index in [-0.39, 0.29) is 11.8 Å². The van der Waals surface area contributed by atoms with E-state index in [2.05, 4.69) is 23.5 Å². The monoisotopic (exact) mass is 446 g/mol. The second-order valence-corrected chi connectivity index (χ2v) is 9.54. The number of amides is 1. The maximum absolute atomic E-state index is 13.4. The minimum atomic E-state index is -0.134. The van der Waals surface area contributed by atoms with Crippen LogP contribution in [0.4, 0.5) is 5.69 Å². The third kappa shape index (κ3) is 4.23. The van der Waals surface area contributed by atoms with Gasteiger partial charge in [0.05, 0.1) is 21.2 Å². The van der Waals surface area contributed by atoms with Crippen LogP contribution in [0.2, 0.25) is 5.02 Å². The maximum atomic E-state index is 13.4. The van der Waals surface area contributed by atoms with Crippen LogP contribution >= 0.6 is 22.9 Å². The highest BCUT2D eigenvalue weighted by Crippen LogP contribution is 2.39. The molecule has 156 valence electrons. The molecule has 1 atom stereocenters. The van der Waals surface area contributed by atoms with Crippen LogP contribution in [-0.2, 0) is 4.79 Å². The molecule has 4 aromatic rings. The molecule has 1 saturated carbocycles. The zero-order chi connectivity index (χ0) is 21.2. The number of halogens is 1. The van der Waals surface area contributed by atoms with E-state index in [9.17, 15) is 4.79 Å². The second kappa shape index (κ2) is 8.81. The average Bonchev–Trinajstić information content (AvgIpc) is 3.46. The Hall–Kier alpha value is -2.69. The first kappa shape index (κ1) is 20.2. The normalized spacial score (nSPS) is 15.3. The minimum Gasteiger partial charge on any atom is -0.326 e. The highest BCUT2D eigenvalue weighted by molar-refractivity contribution is 7.21. The van der Waals surface area contributed by atoms with Gasteiger partial charge in [0.2, 0.25) is 5.91 Å². The van der Waals surface area contributed by atoms with E-state index in [1.165, 1.54) is 12.8 Å². The second-order valence-electron chi connectivity index (χ2n) is 8.10. The van der Waals surface area contributed by atoms with E-state index in [0.717, 1.165) is 44.9 Å². The van der Waals surface area contributed by atoms with Crippen LogP contribution in [0, 0.1) is 5.92 Å². The number of rotatable bonds is 5. The quantitative estimate of drug-likeness (QED) is 0.344. The van der Waals surface area contributed by atoms with Gasteiger partial charge in [-0.2, -0.15) is 0 Å². The first-order valence-corrected chi connectivity index (χ1v) is 11.9. The number of hydrogen-bond acceptors (Lipinski definition) is 3. The van der Waals surface area contributed by atoms with Gasteiger partial charge in [0.1, 0.15) is 5.01 Å². The van der Waals surface area contributed by atoms with E-state index < -0.39 is 0 Å². The minimum absolute atomic E-state index is 0.0515. The van der Waals surface area contributed by atoms with Gasteiger partial charge in [-0.3, -0.25) is 4.79 Å². The molecule has 0 aliphatic heterocycles. The highest BCUT2D eigenvalue weighted by Gasteiger charge is 2.32. The Morgan fingerprint density at radius 2 is 1.74 bits per heavy atom. The highest BCUT2D eigenvalue weighted by atomic mass is 35.5. The molecule has 1 aliphatic rings.